The van der Waals surface area contributed by atoms with E-state index in [-0.39, 0.29) is 6.42 Å². The predicted molar refractivity (Wildman–Crippen MR) is 48.9 cm³/mol. The van der Waals surface area contributed by atoms with Crippen LogP contribution in [0.15, 0.2) is 24.8 Å². The number of fused-ring (bicyclic) bond motifs is 1. The third kappa shape index (κ3) is 1.56. The number of hydrogen-bond acceptors (Lipinski definition) is 3. The lowest BCUT2D eigenvalue weighted by molar-refractivity contribution is -0.136. The summed E-state index contributed by atoms with van der Waals surface area (Å²) in [6, 6.07) is 1.87. The Balaban J connectivity index is 2.29. The second-order valence-corrected chi connectivity index (χ2v) is 2.97. The SMILES string of the molecule is O=C(O)CCc1ccn2ncncc12. The van der Waals surface area contributed by atoms with Gasteiger partial charge in [0.25, 0.3) is 0 Å². The van der Waals surface area contributed by atoms with Crippen LogP contribution in [0.1, 0.15) is 12.0 Å². The van der Waals surface area contributed by atoms with E-state index in [2.05, 4.69) is 10.1 Å². The zero-order chi connectivity index (χ0) is 9.97. The van der Waals surface area contributed by atoms with Crippen LogP contribution >= 0.6 is 0 Å². The molecule has 2 heterocycles. The van der Waals surface area contributed by atoms with Crippen molar-refractivity contribution in [1.29, 1.82) is 0 Å². The number of aryl methyl sites for hydroxylation is 1. The lowest BCUT2D eigenvalue weighted by Gasteiger charge is -1.95. The first-order valence-electron chi connectivity index (χ1n) is 4.25. The summed E-state index contributed by atoms with van der Waals surface area (Å²) < 4.78 is 1.68. The van der Waals surface area contributed by atoms with Crippen LogP contribution in [0.25, 0.3) is 5.52 Å². The van der Waals surface area contributed by atoms with Gasteiger partial charge < -0.3 is 5.11 Å². The molecule has 0 saturated carbocycles. The first kappa shape index (κ1) is 8.68. The molecule has 0 aromatic carbocycles. The van der Waals surface area contributed by atoms with Crippen molar-refractivity contribution in [3.8, 4) is 0 Å². The minimum Gasteiger partial charge on any atom is -0.481 e. The Labute approximate surface area is 80.0 Å². The molecule has 5 nitrogen and oxygen atoms in total. The molecule has 0 spiro atoms. The maximum atomic E-state index is 10.4. The maximum Gasteiger partial charge on any atom is 0.303 e. The van der Waals surface area contributed by atoms with Crippen LogP contribution in [0.5, 0.6) is 0 Å². The topological polar surface area (TPSA) is 67.5 Å². The van der Waals surface area contributed by atoms with Crippen molar-refractivity contribution in [2.24, 2.45) is 0 Å². The number of aliphatic carboxylic acids is 1. The first-order chi connectivity index (χ1) is 6.77. The van der Waals surface area contributed by atoms with Crippen LogP contribution in [-0.2, 0) is 11.2 Å². The van der Waals surface area contributed by atoms with Gasteiger partial charge >= 0.3 is 5.97 Å². The van der Waals surface area contributed by atoms with Crippen molar-refractivity contribution >= 4 is 11.5 Å². The van der Waals surface area contributed by atoms with E-state index in [1.165, 1.54) is 6.33 Å². The molecule has 2 aromatic heterocycles. The van der Waals surface area contributed by atoms with Crippen LogP contribution in [0.4, 0.5) is 0 Å². The van der Waals surface area contributed by atoms with Gasteiger partial charge in [0, 0.05) is 12.6 Å². The van der Waals surface area contributed by atoms with Gasteiger partial charge in [-0.3, -0.25) is 4.79 Å². The highest BCUT2D eigenvalue weighted by molar-refractivity contribution is 5.68. The molecule has 0 saturated heterocycles. The van der Waals surface area contributed by atoms with Crippen LogP contribution < -0.4 is 0 Å². The second-order valence-electron chi connectivity index (χ2n) is 2.97. The number of carbonyl (C=O) groups is 1. The van der Waals surface area contributed by atoms with E-state index in [4.69, 9.17) is 5.11 Å². The standard InChI is InChI=1S/C9H9N3O2/c13-9(14)2-1-7-3-4-12-8(7)5-10-6-11-12/h3-6H,1-2H2,(H,13,14). The fourth-order valence-corrected chi connectivity index (χ4v) is 1.36. The van der Waals surface area contributed by atoms with Crippen molar-refractivity contribution in [2.75, 3.05) is 0 Å². The monoisotopic (exact) mass is 191 g/mol. The number of carboxylic acid groups (broad SMARTS) is 1. The average Bonchev–Trinajstić information content (AvgIpc) is 2.58. The van der Waals surface area contributed by atoms with E-state index in [0.717, 1.165) is 11.1 Å². The highest BCUT2D eigenvalue weighted by Crippen LogP contribution is 2.11. The Bertz CT molecular complexity index is 464. The van der Waals surface area contributed by atoms with Crippen molar-refractivity contribution in [1.82, 2.24) is 14.6 Å². The van der Waals surface area contributed by atoms with Gasteiger partial charge in [-0.25, -0.2) is 9.50 Å². The summed E-state index contributed by atoms with van der Waals surface area (Å²) >= 11 is 0. The smallest absolute Gasteiger partial charge is 0.303 e. The molecule has 5 heteroatoms. The molecule has 2 aromatic rings. The average molecular weight is 191 g/mol. The van der Waals surface area contributed by atoms with E-state index in [0.29, 0.717) is 6.42 Å². The quantitative estimate of drug-likeness (QED) is 0.777. The Kier molecular flexibility index (Phi) is 2.14. The van der Waals surface area contributed by atoms with Crippen LogP contribution in [0.2, 0.25) is 0 Å². The fraction of sp³-hybridized carbons (Fsp3) is 0.222. The summed E-state index contributed by atoms with van der Waals surface area (Å²) in [5.41, 5.74) is 1.83. The Morgan fingerprint density at radius 1 is 1.57 bits per heavy atom. The van der Waals surface area contributed by atoms with Crippen LogP contribution in [0, 0.1) is 0 Å². The Morgan fingerprint density at radius 3 is 3.21 bits per heavy atom. The minimum absolute atomic E-state index is 0.133. The van der Waals surface area contributed by atoms with E-state index in [1.807, 2.05) is 6.07 Å². The molecule has 1 N–H and O–H groups in total. The number of hydrogen-bond donors (Lipinski definition) is 1. The van der Waals surface area contributed by atoms with E-state index in [1.54, 1.807) is 16.9 Å². The van der Waals surface area contributed by atoms with Gasteiger partial charge in [-0.1, -0.05) is 0 Å². The maximum absolute atomic E-state index is 10.4. The Morgan fingerprint density at radius 2 is 2.43 bits per heavy atom. The molecular weight excluding hydrogens is 182 g/mol. The van der Waals surface area contributed by atoms with Crippen molar-refractivity contribution in [3.63, 3.8) is 0 Å². The van der Waals surface area contributed by atoms with Gasteiger partial charge in [0.1, 0.15) is 6.33 Å². The third-order valence-corrected chi connectivity index (χ3v) is 2.04. The summed E-state index contributed by atoms with van der Waals surface area (Å²) in [7, 11) is 0. The molecule has 2 rings (SSSR count). The lowest BCUT2D eigenvalue weighted by atomic mass is 10.1. The van der Waals surface area contributed by atoms with E-state index < -0.39 is 5.97 Å². The van der Waals surface area contributed by atoms with Crippen molar-refractivity contribution in [3.05, 3.63) is 30.4 Å². The third-order valence-electron chi connectivity index (χ3n) is 2.04. The second kappa shape index (κ2) is 3.45. The van der Waals surface area contributed by atoms with E-state index in [9.17, 15) is 4.79 Å². The first-order valence-corrected chi connectivity index (χ1v) is 4.25. The molecular formula is C9H9N3O2. The largest absolute Gasteiger partial charge is 0.481 e. The van der Waals surface area contributed by atoms with Crippen molar-refractivity contribution in [2.45, 2.75) is 12.8 Å². The molecule has 0 fully saturated rings. The molecule has 0 aliphatic carbocycles. The van der Waals surface area contributed by atoms with E-state index >= 15 is 0 Å². The molecule has 0 atom stereocenters. The molecule has 72 valence electrons. The highest BCUT2D eigenvalue weighted by Gasteiger charge is 2.04. The van der Waals surface area contributed by atoms with Gasteiger partial charge in [-0.15, -0.1) is 0 Å². The summed E-state index contributed by atoms with van der Waals surface area (Å²) in [4.78, 5) is 14.3. The minimum atomic E-state index is -0.791. The molecule has 0 radical (unpaired) electrons. The highest BCUT2D eigenvalue weighted by atomic mass is 16.4. The molecule has 0 bridgehead atoms. The summed E-state index contributed by atoms with van der Waals surface area (Å²) in [5.74, 6) is -0.791. The summed E-state index contributed by atoms with van der Waals surface area (Å²) in [6.07, 6.45) is 5.58. The number of nitrogens with zero attached hydrogens (tertiary/aromatic N) is 3. The molecule has 0 unspecified atom stereocenters. The van der Waals surface area contributed by atoms with Crippen LogP contribution in [-0.4, -0.2) is 25.7 Å². The molecule has 14 heavy (non-hydrogen) atoms. The number of aromatic nitrogens is 3. The Hall–Kier alpha value is -1.91. The number of rotatable bonds is 3. The van der Waals surface area contributed by atoms with Gasteiger partial charge in [0.15, 0.2) is 0 Å². The van der Waals surface area contributed by atoms with Gasteiger partial charge in [0.2, 0.25) is 0 Å². The lowest BCUT2D eigenvalue weighted by Crippen LogP contribution is -1.97. The molecule has 0 aliphatic heterocycles. The van der Waals surface area contributed by atoms with Gasteiger partial charge in [0.05, 0.1) is 11.7 Å². The van der Waals surface area contributed by atoms with Gasteiger partial charge in [-0.05, 0) is 18.1 Å². The zero-order valence-corrected chi connectivity index (χ0v) is 7.42. The predicted octanol–water partition coefficient (Wildman–Crippen LogP) is 0.747. The normalized spacial score (nSPS) is 10.6. The van der Waals surface area contributed by atoms with Crippen molar-refractivity contribution < 1.29 is 9.90 Å². The zero-order valence-electron chi connectivity index (χ0n) is 7.42. The molecule has 0 aliphatic rings. The summed E-state index contributed by atoms with van der Waals surface area (Å²) in [5, 5.41) is 12.5. The van der Waals surface area contributed by atoms with Gasteiger partial charge in [-0.2, -0.15) is 5.10 Å². The summed E-state index contributed by atoms with van der Waals surface area (Å²) in [6.45, 7) is 0. The number of carboxylic acids is 1. The molecule has 0 amide bonds. The fourth-order valence-electron chi connectivity index (χ4n) is 1.36. The van der Waals surface area contributed by atoms with Crippen LogP contribution in [0.3, 0.4) is 0 Å².